The molecule has 2 N–H and O–H groups in total. The van der Waals surface area contributed by atoms with Crippen molar-refractivity contribution in [1.82, 2.24) is 5.32 Å². The molecule has 0 heterocycles. The van der Waals surface area contributed by atoms with Crippen LogP contribution in [0.2, 0.25) is 0 Å². The zero-order valence-electron chi connectivity index (χ0n) is 11.0. The number of ether oxygens (including phenoxy) is 1. The molecule has 0 saturated carbocycles. The van der Waals surface area contributed by atoms with Gasteiger partial charge in [0.1, 0.15) is 5.82 Å². The van der Waals surface area contributed by atoms with Gasteiger partial charge in [0.2, 0.25) is 5.82 Å². The Labute approximate surface area is 118 Å². The van der Waals surface area contributed by atoms with E-state index in [4.69, 9.17) is 9.84 Å². The molecule has 1 aromatic carbocycles. The second-order valence-corrected chi connectivity index (χ2v) is 3.99. The zero-order valence-corrected chi connectivity index (χ0v) is 11.0. The summed E-state index contributed by atoms with van der Waals surface area (Å²) in [6.45, 7) is 0.434. The van der Waals surface area contributed by atoms with Crippen LogP contribution in [-0.4, -0.2) is 42.3 Å². The molecule has 0 atom stereocenters. The van der Waals surface area contributed by atoms with E-state index in [1.54, 1.807) is 0 Å². The fourth-order valence-corrected chi connectivity index (χ4v) is 1.51. The summed E-state index contributed by atoms with van der Waals surface area (Å²) in [5.74, 6) is -3.40. The van der Waals surface area contributed by atoms with Gasteiger partial charge in [-0.3, -0.25) is 14.9 Å². The quantitative estimate of drug-likeness (QED) is 0.424. The van der Waals surface area contributed by atoms with Crippen molar-refractivity contribution in [2.45, 2.75) is 6.42 Å². The number of nitrogens with zero attached hydrogens (tertiary/aromatic N) is 1. The number of rotatable bonds is 8. The Balaban J connectivity index is 2.64. The summed E-state index contributed by atoms with van der Waals surface area (Å²) < 4.78 is 31.8. The highest BCUT2D eigenvalue weighted by Crippen LogP contribution is 2.22. The number of hydrogen-bond donors (Lipinski definition) is 2. The van der Waals surface area contributed by atoms with Crippen LogP contribution in [0.15, 0.2) is 12.1 Å². The predicted molar refractivity (Wildman–Crippen MR) is 67.9 cm³/mol. The number of nitrogens with one attached hydrogen (secondary N) is 1. The van der Waals surface area contributed by atoms with E-state index in [-0.39, 0.29) is 26.4 Å². The van der Waals surface area contributed by atoms with Gasteiger partial charge < -0.3 is 15.2 Å². The summed E-state index contributed by atoms with van der Waals surface area (Å²) in [6.07, 6.45) is 0.394. The van der Waals surface area contributed by atoms with E-state index in [0.717, 1.165) is 0 Å². The average molecular weight is 304 g/mol. The van der Waals surface area contributed by atoms with Crippen molar-refractivity contribution in [3.8, 4) is 0 Å². The Morgan fingerprint density at radius 1 is 1.38 bits per heavy atom. The SMILES string of the molecule is O=C(NCCCOCCO)c1cc(F)cc([N+](=O)[O-])c1F. The number of aliphatic hydroxyl groups is 1. The fraction of sp³-hybridized carbons (Fsp3) is 0.417. The van der Waals surface area contributed by atoms with E-state index >= 15 is 0 Å². The van der Waals surface area contributed by atoms with E-state index in [1.807, 2.05) is 0 Å². The number of halogens is 2. The van der Waals surface area contributed by atoms with Crippen molar-refractivity contribution in [3.05, 3.63) is 39.4 Å². The maximum absolute atomic E-state index is 13.7. The summed E-state index contributed by atoms with van der Waals surface area (Å²) in [4.78, 5) is 21.1. The minimum absolute atomic E-state index is 0.119. The molecule has 116 valence electrons. The standard InChI is InChI=1S/C12H14F2N2O5/c13-8-6-9(11(14)10(7-8)16(19)20)12(18)15-2-1-4-21-5-3-17/h6-7,17H,1-5H2,(H,15,18). The molecule has 0 spiro atoms. The van der Waals surface area contributed by atoms with Crippen LogP contribution in [-0.2, 0) is 4.74 Å². The van der Waals surface area contributed by atoms with Crippen molar-refractivity contribution in [2.24, 2.45) is 0 Å². The molecule has 0 aromatic heterocycles. The number of nitro benzene ring substituents is 1. The summed E-state index contributed by atoms with van der Waals surface area (Å²) >= 11 is 0. The second kappa shape index (κ2) is 8.22. The van der Waals surface area contributed by atoms with Crippen molar-refractivity contribution < 1.29 is 28.3 Å². The van der Waals surface area contributed by atoms with Crippen LogP contribution < -0.4 is 5.32 Å². The van der Waals surface area contributed by atoms with E-state index in [0.29, 0.717) is 18.6 Å². The number of carbonyl (C=O) groups is 1. The van der Waals surface area contributed by atoms with Gasteiger partial charge in [0.15, 0.2) is 0 Å². The third-order valence-electron chi connectivity index (χ3n) is 2.45. The van der Waals surface area contributed by atoms with Crippen LogP contribution >= 0.6 is 0 Å². The Morgan fingerprint density at radius 2 is 2.10 bits per heavy atom. The average Bonchev–Trinajstić information content (AvgIpc) is 2.44. The van der Waals surface area contributed by atoms with Gasteiger partial charge in [0.25, 0.3) is 5.91 Å². The van der Waals surface area contributed by atoms with E-state index < -0.39 is 33.7 Å². The van der Waals surface area contributed by atoms with Crippen LogP contribution in [0.5, 0.6) is 0 Å². The molecule has 0 aliphatic rings. The summed E-state index contributed by atoms with van der Waals surface area (Å²) in [5, 5.41) is 21.3. The van der Waals surface area contributed by atoms with Gasteiger partial charge in [-0.1, -0.05) is 0 Å². The first-order valence-corrected chi connectivity index (χ1v) is 6.07. The first-order valence-electron chi connectivity index (χ1n) is 6.07. The molecule has 0 radical (unpaired) electrons. The topological polar surface area (TPSA) is 102 Å². The molecular weight excluding hydrogens is 290 g/mol. The van der Waals surface area contributed by atoms with Crippen LogP contribution in [0.25, 0.3) is 0 Å². The molecule has 0 aliphatic carbocycles. The van der Waals surface area contributed by atoms with Gasteiger partial charge in [-0.2, -0.15) is 4.39 Å². The summed E-state index contributed by atoms with van der Waals surface area (Å²) in [5.41, 5.74) is -1.82. The molecule has 7 nitrogen and oxygen atoms in total. The first kappa shape index (κ1) is 16.9. The lowest BCUT2D eigenvalue weighted by molar-refractivity contribution is -0.387. The Hall–Kier alpha value is -2.13. The number of nitro groups is 1. The lowest BCUT2D eigenvalue weighted by atomic mass is 10.1. The first-order chi connectivity index (χ1) is 9.97. The van der Waals surface area contributed by atoms with Crippen molar-refractivity contribution >= 4 is 11.6 Å². The molecule has 9 heteroatoms. The molecule has 21 heavy (non-hydrogen) atoms. The molecule has 0 unspecified atom stereocenters. The highest BCUT2D eigenvalue weighted by atomic mass is 19.1. The van der Waals surface area contributed by atoms with Crippen LogP contribution in [0.4, 0.5) is 14.5 Å². The normalized spacial score (nSPS) is 10.4. The summed E-state index contributed by atoms with van der Waals surface area (Å²) in [7, 11) is 0. The molecular formula is C12H14F2N2O5. The van der Waals surface area contributed by atoms with Gasteiger partial charge in [-0.15, -0.1) is 0 Å². The minimum atomic E-state index is -1.38. The van der Waals surface area contributed by atoms with Crippen LogP contribution in [0.1, 0.15) is 16.8 Å². The van der Waals surface area contributed by atoms with Crippen LogP contribution in [0, 0.1) is 21.7 Å². The van der Waals surface area contributed by atoms with E-state index in [2.05, 4.69) is 5.32 Å². The van der Waals surface area contributed by atoms with E-state index in [1.165, 1.54) is 0 Å². The molecule has 0 fully saturated rings. The highest BCUT2D eigenvalue weighted by Gasteiger charge is 2.23. The minimum Gasteiger partial charge on any atom is -0.394 e. The molecule has 1 aromatic rings. The van der Waals surface area contributed by atoms with Crippen molar-refractivity contribution in [2.75, 3.05) is 26.4 Å². The molecule has 1 amide bonds. The lowest BCUT2D eigenvalue weighted by Crippen LogP contribution is -2.26. The zero-order chi connectivity index (χ0) is 15.8. The van der Waals surface area contributed by atoms with Gasteiger partial charge in [0, 0.05) is 13.2 Å². The molecule has 0 aliphatic heterocycles. The highest BCUT2D eigenvalue weighted by molar-refractivity contribution is 5.95. The Morgan fingerprint density at radius 3 is 2.71 bits per heavy atom. The second-order valence-electron chi connectivity index (χ2n) is 3.99. The number of hydrogen-bond acceptors (Lipinski definition) is 5. The number of amides is 1. The lowest BCUT2D eigenvalue weighted by Gasteiger charge is -2.07. The largest absolute Gasteiger partial charge is 0.394 e. The fourth-order valence-electron chi connectivity index (χ4n) is 1.51. The van der Waals surface area contributed by atoms with Gasteiger partial charge in [-0.25, -0.2) is 4.39 Å². The predicted octanol–water partition coefficient (Wildman–Crippen LogP) is 1.00. The summed E-state index contributed by atoms with van der Waals surface area (Å²) in [6, 6.07) is 1.01. The number of aliphatic hydroxyl groups excluding tert-OH is 1. The molecule has 0 bridgehead atoms. The maximum atomic E-state index is 13.7. The smallest absolute Gasteiger partial charge is 0.308 e. The number of carbonyl (C=O) groups excluding carboxylic acids is 1. The van der Waals surface area contributed by atoms with Crippen molar-refractivity contribution in [3.63, 3.8) is 0 Å². The van der Waals surface area contributed by atoms with Gasteiger partial charge in [-0.05, 0) is 12.5 Å². The third kappa shape index (κ3) is 5.04. The number of benzene rings is 1. The monoisotopic (exact) mass is 304 g/mol. The molecule has 1 rings (SSSR count). The van der Waals surface area contributed by atoms with Gasteiger partial charge in [0.05, 0.1) is 29.8 Å². The Kier molecular flexibility index (Phi) is 6.63. The van der Waals surface area contributed by atoms with Crippen LogP contribution in [0.3, 0.4) is 0 Å². The van der Waals surface area contributed by atoms with Crippen molar-refractivity contribution in [1.29, 1.82) is 0 Å². The Bertz CT molecular complexity index is 525. The third-order valence-corrected chi connectivity index (χ3v) is 2.45. The van der Waals surface area contributed by atoms with Gasteiger partial charge >= 0.3 is 5.69 Å². The van der Waals surface area contributed by atoms with E-state index in [9.17, 15) is 23.7 Å². The molecule has 0 saturated heterocycles. The maximum Gasteiger partial charge on any atom is 0.308 e.